The Balaban J connectivity index is 1.68. The van der Waals surface area contributed by atoms with Crippen LogP contribution in [-0.4, -0.2) is 37.9 Å². The van der Waals surface area contributed by atoms with Gasteiger partial charge in [-0.25, -0.2) is 0 Å². The van der Waals surface area contributed by atoms with Gasteiger partial charge in [0.25, 0.3) is 0 Å². The molecule has 0 bridgehead atoms. The second-order valence-corrected chi connectivity index (χ2v) is 6.59. The van der Waals surface area contributed by atoms with Gasteiger partial charge < -0.3 is 15.4 Å². The summed E-state index contributed by atoms with van der Waals surface area (Å²) in [5.74, 6) is 2.33. The molecule has 1 amide bonds. The summed E-state index contributed by atoms with van der Waals surface area (Å²) in [5, 5.41) is 6.51. The third-order valence-electron chi connectivity index (χ3n) is 3.79. The normalized spacial score (nSPS) is 21.8. The summed E-state index contributed by atoms with van der Waals surface area (Å²) in [7, 11) is 1.66. The Labute approximate surface area is 131 Å². The number of carbonyl (C=O) groups excluding carboxylic acids is 1. The zero-order chi connectivity index (χ0) is 15.1. The van der Waals surface area contributed by atoms with Crippen LogP contribution in [0.15, 0.2) is 29.2 Å². The Kier molecular flexibility index (Phi) is 6.39. The average molecular weight is 308 g/mol. The molecule has 0 saturated carbocycles. The van der Waals surface area contributed by atoms with E-state index in [1.807, 2.05) is 24.3 Å². The van der Waals surface area contributed by atoms with Crippen molar-refractivity contribution in [1.29, 1.82) is 0 Å². The van der Waals surface area contributed by atoms with Crippen molar-refractivity contribution in [3.05, 3.63) is 24.3 Å². The van der Waals surface area contributed by atoms with Crippen LogP contribution in [0.25, 0.3) is 0 Å². The van der Waals surface area contributed by atoms with E-state index in [-0.39, 0.29) is 5.91 Å². The van der Waals surface area contributed by atoms with Crippen LogP contribution >= 0.6 is 11.8 Å². The van der Waals surface area contributed by atoms with E-state index >= 15 is 0 Å². The molecule has 1 fully saturated rings. The van der Waals surface area contributed by atoms with Crippen molar-refractivity contribution < 1.29 is 9.53 Å². The number of hydrogen-bond donors (Lipinski definition) is 2. The van der Waals surface area contributed by atoms with Gasteiger partial charge in [0, 0.05) is 23.1 Å². The largest absolute Gasteiger partial charge is 0.497 e. The summed E-state index contributed by atoms with van der Waals surface area (Å²) < 4.78 is 5.13. The molecule has 2 atom stereocenters. The van der Waals surface area contributed by atoms with E-state index < -0.39 is 0 Å². The second-order valence-electron chi connectivity index (χ2n) is 5.42. The molecule has 0 radical (unpaired) electrons. The molecule has 2 N–H and O–H groups in total. The Morgan fingerprint density at radius 3 is 2.86 bits per heavy atom. The van der Waals surface area contributed by atoms with Crippen molar-refractivity contribution in [2.75, 3.05) is 26.0 Å². The number of thioether (sulfide) groups is 1. The van der Waals surface area contributed by atoms with Crippen LogP contribution in [0.2, 0.25) is 0 Å². The smallest absolute Gasteiger partial charge is 0.221 e. The Hall–Kier alpha value is -1.20. The van der Waals surface area contributed by atoms with E-state index in [0.717, 1.165) is 31.0 Å². The monoisotopic (exact) mass is 308 g/mol. The van der Waals surface area contributed by atoms with Crippen molar-refractivity contribution in [2.24, 2.45) is 5.92 Å². The summed E-state index contributed by atoms with van der Waals surface area (Å²) >= 11 is 1.70. The zero-order valence-electron chi connectivity index (χ0n) is 12.7. The fraction of sp³-hybridized carbons (Fsp3) is 0.562. The molecule has 0 aliphatic carbocycles. The van der Waals surface area contributed by atoms with Crippen LogP contribution in [0, 0.1) is 5.92 Å². The van der Waals surface area contributed by atoms with Crippen molar-refractivity contribution in [1.82, 2.24) is 10.6 Å². The van der Waals surface area contributed by atoms with Crippen molar-refractivity contribution in [2.45, 2.75) is 30.7 Å². The highest BCUT2D eigenvalue weighted by Crippen LogP contribution is 2.21. The molecular formula is C16H24N2O2S. The molecule has 0 spiro atoms. The van der Waals surface area contributed by atoms with Gasteiger partial charge in [0.1, 0.15) is 5.75 Å². The molecule has 0 aromatic heterocycles. The van der Waals surface area contributed by atoms with Crippen molar-refractivity contribution in [3.63, 3.8) is 0 Å². The SMILES string of the molecule is COc1ccc(SCCC(=O)NC2CCNCC2C)cc1. The van der Waals surface area contributed by atoms with Crippen molar-refractivity contribution >= 4 is 17.7 Å². The lowest BCUT2D eigenvalue weighted by Crippen LogP contribution is -2.48. The average Bonchev–Trinajstić information content (AvgIpc) is 2.50. The van der Waals surface area contributed by atoms with Gasteiger partial charge in [-0.3, -0.25) is 4.79 Å². The van der Waals surface area contributed by atoms with Gasteiger partial charge in [-0.05, 0) is 49.7 Å². The number of hydrogen-bond acceptors (Lipinski definition) is 4. The number of rotatable bonds is 6. The number of piperidine rings is 1. The quantitative estimate of drug-likeness (QED) is 0.792. The summed E-state index contributed by atoms with van der Waals surface area (Å²) in [4.78, 5) is 13.1. The van der Waals surface area contributed by atoms with E-state index in [1.54, 1.807) is 18.9 Å². The van der Waals surface area contributed by atoms with Crippen LogP contribution in [-0.2, 0) is 4.79 Å². The predicted octanol–water partition coefficient (Wildman–Crippen LogP) is 2.29. The molecule has 1 saturated heterocycles. The summed E-state index contributed by atoms with van der Waals surface area (Å²) in [6, 6.07) is 8.26. The highest BCUT2D eigenvalue weighted by atomic mass is 32.2. The first-order valence-electron chi connectivity index (χ1n) is 7.46. The van der Waals surface area contributed by atoms with Gasteiger partial charge in [0.15, 0.2) is 0 Å². The number of benzene rings is 1. The molecule has 1 aliphatic rings. The Morgan fingerprint density at radius 1 is 1.43 bits per heavy atom. The molecule has 1 heterocycles. The lowest BCUT2D eigenvalue weighted by atomic mass is 9.95. The minimum atomic E-state index is 0.162. The molecule has 2 rings (SSSR count). The Bertz CT molecular complexity index is 450. The number of amides is 1. The van der Waals surface area contributed by atoms with Gasteiger partial charge >= 0.3 is 0 Å². The third-order valence-corrected chi connectivity index (χ3v) is 4.80. The highest BCUT2D eigenvalue weighted by molar-refractivity contribution is 7.99. The van der Waals surface area contributed by atoms with E-state index in [0.29, 0.717) is 18.4 Å². The molecule has 4 nitrogen and oxygen atoms in total. The maximum absolute atomic E-state index is 12.0. The zero-order valence-corrected chi connectivity index (χ0v) is 13.5. The topological polar surface area (TPSA) is 50.4 Å². The molecule has 1 aromatic rings. The Morgan fingerprint density at radius 2 is 2.19 bits per heavy atom. The van der Waals surface area contributed by atoms with E-state index in [1.165, 1.54) is 4.90 Å². The molecule has 1 aromatic carbocycles. The van der Waals surface area contributed by atoms with E-state index in [2.05, 4.69) is 17.6 Å². The van der Waals surface area contributed by atoms with Crippen molar-refractivity contribution in [3.8, 4) is 5.75 Å². The maximum atomic E-state index is 12.0. The first kappa shape index (κ1) is 16.2. The lowest BCUT2D eigenvalue weighted by Gasteiger charge is -2.30. The lowest BCUT2D eigenvalue weighted by molar-refractivity contribution is -0.121. The molecule has 21 heavy (non-hydrogen) atoms. The molecule has 1 aliphatic heterocycles. The minimum absolute atomic E-state index is 0.162. The molecular weight excluding hydrogens is 284 g/mol. The minimum Gasteiger partial charge on any atom is -0.497 e. The maximum Gasteiger partial charge on any atom is 0.221 e. The molecule has 5 heteroatoms. The number of ether oxygens (including phenoxy) is 1. The standard InChI is InChI=1S/C16H24N2O2S/c1-12-11-17-9-7-15(12)18-16(19)8-10-21-14-5-3-13(20-2)4-6-14/h3-6,12,15,17H,7-11H2,1-2H3,(H,18,19). The highest BCUT2D eigenvalue weighted by Gasteiger charge is 2.22. The van der Waals surface area contributed by atoms with Crippen LogP contribution in [0.1, 0.15) is 19.8 Å². The molecule has 2 unspecified atom stereocenters. The van der Waals surface area contributed by atoms with Gasteiger partial charge in [-0.15, -0.1) is 11.8 Å². The third kappa shape index (κ3) is 5.25. The fourth-order valence-electron chi connectivity index (χ4n) is 2.44. The predicted molar refractivity (Wildman–Crippen MR) is 86.9 cm³/mol. The summed E-state index contributed by atoms with van der Waals surface area (Å²) in [6.07, 6.45) is 1.59. The van der Waals surface area contributed by atoms with Crippen LogP contribution in [0.5, 0.6) is 5.75 Å². The van der Waals surface area contributed by atoms with Gasteiger partial charge in [-0.2, -0.15) is 0 Å². The number of nitrogens with one attached hydrogen (secondary N) is 2. The molecule has 116 valence electrons. The fourth-order valence-corrected chi connectivity index (χ4v) is 3.29. The van der Waals surface area contributed by atoms with Gasteiger partial charge in [0.05, 0.1) is 7.11 Å². The van der Waals surface area contributed by atoms with Crippen LogP contribution in [0.4, 0.5) is 0 Å². The van der Waals surface area contributed by atoms with E-state index in [9.17, 15) is 4.79 Å². The second kappa shape index (κ2) is 8.29. The van der Waals surface area contributed by atoms with Gasteiger partial charge in [-0.1, -0.05) is 6.92 Å². The van der Waals surface area contributed by atoms with Crippen LogP contribution in [0.3, 0.4) is 0 Å². The first-order valence-corrected chi connectivity index (χ1v) is 8.44. The first-order chi connectivity index (χ1) is 10.2. The summed E-state index contributed by atoms with van der Waals surface area (Å²) in [6.45, 7) is 4.17. The number of carbonyl (C=O) groups is 1. The summed E-state index contributed by atoms with van der Waals surface area (Å²) in [5.41, 5.74) is 0. The van der Waals surface area contributed by atoms with Gasteiger partial charge in [0.2, 0.25) is 5.91 Å². The number of methoxy groups -OCH3 is 1. The van der Waals surface area contributed by atoms with Crippen LogP contribution < -0.4 is 15.4 Å². The van der Waals surface area contributed by atoms with E-state index in [4.69, 9.17) is 4.74 Å².